The van der Waals surface area contributed by atoms with Crippen molar-refractivity contribution in [3.63, 3.8) is 0 Å². The first-order valence-electron chi connectivity index (χ1n) is 15.4. The predicted octanol–water partition coefficient (Wildman–Crippen LogP) is 5.18. The Balaban J connectivity index is 1.15. The molecule has 4 aliphatic carbocycles. The van der Waals surface area contributed by atoms with Crippen LogP contribution in [0.2, 0.25) is 0 Å². The van der Waals surface area contributed by atoms with Gasteiger partial charge in [0.25, 0.3) is 5.91 Å². The number of hydrogen-bond donors (Lipinski definition) is 2. The van der Waals surface area contributed by atoms with E-state index in [4.69, 9.17) is 9.61 Å². The van der Waals surface area contributed by atoms with Gasteiger partial charge in [-0.1, -0.05) is 5.16 Å². The first-order valence-corrected chi connectivity index (χ1v) is 15.4. The largest absolute Gasteiger partial charge is 0.348 e. The summed E-state index contributed by atoms with van der Waals surface area (Å²) in [4.78, 5) is 31.0. The number of hydrogen-bond acceptors (Lipinski definition) is 8. The fourth-order valence-electron chi connectivity index (χ4n) is 6.79. The van der Waals surface area contributed by atoms with Crippen LogP contribution in [0, 0.1) is 28.6 Å². The van der Waals surface area contributed by atoms with Crippen LogP contribution < -0.4 is 10.6 Å². The van der Waals surface area contributed by atoms with Crippen molar-refractivity contribution in [2.75, 3.05) is 0 Å². The number of rotatable bonds is 10. The van der Waals surface area contributed by atoms with Gasteiger partial charge in [0.1, 0.15) is 5.69 Å². The van der Waals surface area contributed by atoms with Crippen molar-refractivity contribution in [3.8, 4) is 6.07 Å². The molecule has 0 bridgehead atoms. The Morgan fingerprint density at radius 3 is 2.42 bits per heavy atom. The van der Waals surface area contributed by atoms with Crippen LogP contribution >= 0.6 is 0 Å². The van der Waals surface area contributed by atoms with Crippen LogP contribution in [0.5, 0.6) is 0 Å². The Hall–Kier alpha value is -4.09. The van der Waals surface area contributed by atoms with Gasteiger partial charge >= 0.3 is 0 Å². The van der Waals surface area contributed by atoms with Gasteiger partial charge in [0.2, 0.25) is 17.8 Å². The summed E-state index contributed by atoms with van der Waals surface area (Å²) >= 11 is 0. The third kappa shape index (κ3) is 5.98. The van der Waals surface area contributed by atoms with Gasteiger partial charge in [-0.25, -0.2) is 31.7 Å². The van der Waals surface area contributed by atoms with Gasteiger partial charge in [-0.15, -0.1) is 0 Å². The van der Waals surface area contributed by atoms with Crippen molar-refractivity contribution in [2.45, 2.75) is 100 Å². The molecule has 45 heavy (non-hydrogen) atoms. The number of nitrogens with zero attached hydrogens (tertiary/aromatic N) is 6. The number of carbonyl (C=O) groups is 2. The SMILES string of the molecule is N#CC1([C@H](NC(=O)CC2CC(F)(F)C2)c2cnn3cc([C@@H](NC(=O)c4nonc4C4CC4)C4CCC(F)(F)CC4)nc3c2)CC1. The van der Waals surface area contributed by atoms with E-state index in [0.29, 0.717) is 35.4 Å². The second-order valence-corrected chi connectivity index (χ2v) is 13.3. The van der Waals surface area contributed by atoms with Crippen molar-refractivity contribution in [1.82, 2.24) is 35.5 Å². The fraction of sp³-hybridized carbons (Fsp3) is 0.633. The highest BCUT2D eigenvalue weighted by Gasteiger charge is 2.52. The van der Waals surface area contributed by atoms with Crippen molar-refractivity contribution in [3.05, 3.63) is 41.1 Å². The fourth-order valence-corrected chi connectivity index (χ4v) is 6.79. The number of nitrogens with one attached hydrogen (secondary N) is 2. The van der Waals surface area contributed by atoms with E-state index in [1.165, 1.54) is 10.7 Å². The van der Waals surface area contributed by atoms with E-state index in [1.54, 1.807) is 12.3 Å². The molecular weight excluding hydrogens is 596 g/mol. The van der Waals surface area contributed by atoms with Gasteiger partial charge in [-0.2, -0.15) is 10.4 Å². The lowest BCUT2D eigenvalue weighted by atomic mass is 9.79. The highest BCUT2D eigenvalue weighted by molar-refractivity contribution is 5.93. The molecule has 3 aromatic rings. The van der Waals surface area contributed by atoms with Crippen LogP contribution in [0.25, 0.3) is 5.65 Å². The molecule has 4 saturated carbocycles. The number of fused-ring (bicyclic) bond motifs is 1. The molecule has 2 amide bonds. The number of halogens is 4. The maximum Gasteiger partial charge on any atom is 0.276 e. The predicted molar refractivity (Wildman–Crippen MR) is 147 cm³/mol. The normalized spacial score (nSPS) is 23.4. The molecule has 3 heterocycles. The smallest absolute Gasteiger partial charge is 0.276 e. The van der Waals surface area contributed by atoms with Crippen LogP contribution in [-0.4, -0.2) is 48.6 Å². The van der Waals surface area contributed by atoms with Gasteiger partial charge in [-0.05, 0) is 67.1 Å². The minimum Gasteiger partial charge on any atom is -0.348 e. The van der Waals surface area contributed by atoms with Gasteiger partial charge < -0.3 is 10.6 Å². The number of nitriles is 1. The number of aromatic nitrogens is 5. The second-order valence-electron chi connectivity index (χ2n) is 13.3. The molecular formula is C30H32F4N8O3. The standard InChI is InChI=1S/C30H32F4N8O3/c31-29(32)5-3-18(4-6-29)23(39-27(44)25-24(17-1-2-17)40-45-41-25)20-14-42-21(37-20)10-19(13-36-42)26(28(15-35)7-8-28)38-22(43)9-16-11-30(33,34)12-16/h10,13-14,16-18,23,26H,1-9,11-12H2,(H,38,43)(H,39,44)/t23-,26+/m0/s1. The van der Waals surface area contributed by atoms with Crippen LogP contribution in [0.4, 0.5) is 17.6 Å². The molecule has 0 radical (unpaired) electrons. The molecule has 4 fully saturated rings. The molecule has 7 rings (SSSR count). The molecule has 2 N–H and O–H groups in total. The highest BCUT2D eigenvalue weighted by atomic mass is 19.3. The molecule has 0 aliphatic heterocycles. The van der Waals surface area contributed by atoms with E-state index in [0.717, 1.165) is 12.8 Å². The topological polar surface area (TPSA) is 151 Å². The quantitative estimate of drug-likeness (QED) is 0.292. The summed E-state index contributed by atoms with van der Waals surface area (Å²) in [6, 6.07) is 2.55. The summed E-state index contributed by atoms with van der Waals surface area (Å²) in [6.07, 6.45) is 5.02. The summed E-state index contributed by atoms with van der Waals surface area (Å²) in [5.41, 5.74) is 1.03. The van der Waals surface area contributed by atoms with E-state index >= 15 is 0 Å². The lowest BCUT2D eigenvalue weighted by Crippen LogP contribution is -2.40. The maximum atomic E-state index is 14.1. The highest BCUT2D eigenvalue weighted by Crippen LogP contribution is 2.54. The Kier molecular flexibility index (Phi) is 7.09. The molecule has 11 nitrogen and oxygen atoms in total. The van der Waals surface area contributed by atoms with Crippen LogP contribution in [0.1, 0.15) is 116 Å². The number of imidazole rings is 1. The molecule has 2 atom stereocenters. The molecule has 15 heteroatoms. The third-order valence-electron chi connectivity index (χ3n) is 9.74. The van der Waals surface area contributed by atoms with Crippen LogP contribution in [0.3, 0.4) is 0 Å². The molecule has 3 aromatic heterocycles. The summed E-state index contributed by atoms with van der Waals surface area (Å²) < 4.78 is 61.1. The molecule has 238 valence electrons. The van der Waals surface area contributed by atoms with Crippen molar-refractivity contribution in [1.29, 1.82) is 5.26 Å². The molecule has 0 unspecified atom stereocenters. The number of carbonyl (C=O) groups excluding carboxylic acids is 2. The van der Waals surface area contributed by atoms with Crippen LogP contribution in [0.15, 0.2) is 23.1 Å². The first-order chi connectivity index (χ1) is 21.4. The van der Waals surface area contributed by atoms with Gasteiger partial charge in [0, 0.05) is 38.0 Å². The van der Waals surface area contributed by atoms with E-state index in [1.807, 2.05) is 0 Å². The zero-order valence-electron chi connectivity index (χ0n) is 24.3. The van der Waals surface area contributed by atoms with E-state index < -0.39 is 47.1 Å². The summed E-state index contributed by atoms with van der Waals surface area (Å²) in [7, 11) is 0. The number of amides is 2. The Labute approximate surface area is 255 Å². The average molecular weight is 629 g/mol. The summed E-state index contributed by atoms with van der Waals surface area (Å²) in [5.74, 6) is -7.07. The molecule has 0 spiro atoms. The number of alkyl halides is 4. The lowest BCUT2D eigenvalue weighted by Gasteiger charge is -2.35. The molecule has 0 saturated heterocycles. The van der Waals surface area contributed by atoms with Crippen molar-refractivity contribution in [2.24, 2.45) is 17.3 Å². The average Bonchev–Trinajstić information content (AvgIpc) is 3.89. The van der Waals surface area contributed by atoms with Gasteiger partial charge in [-0.3, -0.25) is 9.59 Å². The molecule has 4 aliphatic rings. The zero-order valence-corrected chi connectivity index (χ0v) is 24.3. The van der Waals surface area contributed by atoms with E-state index in [-0.39, 0.29) is 62.5 Å². The zero-order chi connectivity index (χ0) is 31.6. The Bertz CT molecular complexity index is 1660. The third-order valence-corrected chi connectivity index (χ3v) is 9.74. The Morgan fingerprint density at radius 2 is 1.78 bits per heavy atom. The lowest BCUT2D eigenvalue weighted by molar-refractivity contribution is -0.134. The summed E-state index contributed by atoms with van der Waals surface area (Å²) in [5, 5.41) is 28.0. The van der Waals surface area contributed by atoms with E-state index in [2.05, 4.69) is 32.1 Å². The maximum absolute atomic E-state index is 14.1. The minimum atomic E-state index is -2.77. The Morgan fingerprint density at radius 1 is 1.04 bits per heavy atom. The van der Waals surface area contributed by atoms with E-state index in [9.17, 15) is 32.4 Å². The first kappa shape index (κ1) is 29.6. The van der Waals surface area contributed by atoms with Crippen molar-refractivity contribution < 1.29 is 31.8 Å². The molecule has 0 aromatic carbocycles. The summed E-state index contributed by atoms with van der Waals surface area (Å²) in [6.45, 7) is 0. The monoisotopic (exact) mass is 628 g/mol. The van der Waals surface area contributed by atoms with Crippen LogP contribution in [-0.2, 0) is 4.79 Å². The minimum absolute atomic E-state index is 0.0535. The van der Waals surface area contributed by atoms with Gasteiger partial charge in [0.05, 0.1) is 41.7 Å². The van der Waals surface area contributed by atoms with Crippen molar-refractivity contribution >= 4 is 17.5 Å². The van der Waals surface area contributed by atoms with Gasteiger partial charge in [0.15, 0.2) is 11.3 Å². The second kappa shape index (κ2) is 10.8.